The number of aryl methyl sites for hydroxylation is 1. The van der Waals surface area contributed by atoms with Gasteiger partial charge < -0.3 is 0 Å². The second kappa shape index (κ2) is 4.80. The molecule has 0 N–H and O–H groups in total. The van der Waals surface area contributed by atoms with E-state index in [-0.39, 0.29) is 5.25 Å². The van der Waals surface area contributed by atoms with Gasteiger partial charge in [-0.15, -0.1) is 11.7 Å². The Kier molecular flexibility index (Phi) is 4.14. The molecule has 0 saturated carbocycles. The van der Waals surface area contributed by atoms with Gasteiger partial charge in [0.05, 0.1) is 10.1 Å². The number of sulfone groups is 1. The normalized spacial score (nSPS) is 12.1. The van der Waals surface area contributed by atoms with Gasteiger partial charge in [-0.25, -0.2) is 8.42 Å². The van der Waals surface area contributed by atoms with Crippen molar-refractivity contribution in [1.29, 1.82) is 0 Å². The van der Waals surface area contributed by atoms with Crippen molar-refractivity contribution in [2.45, 2.75) is 35.8 Å². The maximum absolute atomic E-state index is 11.9. The summed E-state index contributed by atoms with van der Waals surface area (Å²) in [4.78, 5) is 1.38. The molecule has 1 aromatic rings. The monoisotopic (exact) mass is 262 g/mol. The highest BCUT2D eigenvalue weighted by atomic mass is 33.1. The number of hydrogen-bond acceptors (Lipinski definition) is 4. The Hall–Kier alpha value is -0.130. The third-order valence-corrected chi connectivity index (χ3v) is 5.59. The number of hydrogen-bond donors (Lipinski definition) is 1. The Labute approximate surface area is 100 Å². The first-order valence-corrected chi connectivity index (χ1v) is 7.97. The lowest BCUT2D eigenvalue weighted by atomic mass is 10.2. The Morgan fingerprint density at radius 3 is 2.33 bits per heavy atom. The quantitative estimate of drug-likeness (QED) is 0.671. The van der Waals surface area contributed by atoms with Gasteiger partial charge in [0.25, 0.3) is 0 Å². The smallest absolute Gasteiger partial charge is 0.180 e. The van der Waals surface area contributed by atoms with Crippen LogP contribution in [0.5, 0.6) is 0 Å². The third-order valence-electron chi connectivity index (χ3n) is 2.18. The highest BCUT2D eigenvalue weighted by Crippen LogP contribution is 2.27. The first-order valence-electron chi connectivity index (χ1n) is 4.55. The van der Waals surface area contributed by atoms with Crippen LogP contribution in [-0.2, 0) is 9.84 Å². The first kappa shape index (κ1) is 12.9. The standard InChI is InChI=1S/C10H14O2S3/c1-7(2)15(11,12)10-5-4-9(14-13)6-8(10)3/h4-7,13H,1-3H3. The van der Waals surface area contributed by atoms with Crippen LogP contribution in [0.15, 0.2) is 28.0 Å². The second-order valence-electron chi connectivity index (χ2n) is 3.61. The number of thiol groups is 1. The predicted octanol–water partition coefficient (Wildman–Crippen LogP) is 3.11. The summed E-state index contributed by atoms with van der Waals surface area (Å²) in [7, 11) is -1.86. The van der Waals surface area contributed by atoms with Crippen molar-refractivity contribution >= 4 is 32.3 Å². The summed E-state index contributed by atoms with van der Waals surface area (Å²) in [5, 5.41) is -0.384. The molecule has 0 aliphatic rings. The van der Waals surface area contributed by atoms with Gasteiger partial charge in [-0.1, -0.05) is 10.8 Å². The zero-order chi connectivity index (χ0) is 11.6. The minimum absolute atomic E-state index is 0.384. The minimum atomic E-state index is -3.17. The summed E-state index contributed by atoms with van der Waals surface area (Å²) < 4.78 is 23.9. The summed E-state index contributed by atoms with van der Waals surface area (Å²) in [6.45, 7) is 5.19. The summed E-state index contributed by atoms with van der Waals surface area (Å²) >= 11 is 4.07. The van der Waals surface area contributed by atoms with Crippen molar-refractivity contribution in [3.8, 4) is 0 Å². The molecule has 0 amide bonds. The van der Waals surface area contributed by atoms with Crippen LogP contribution in [0.1, 0.15) is 19.4 Å². The largest absolute Gasteiger partial charge is 0.223 e. The van der Waals surface area contributed by atoms with Gasteiger partial charge in [0, 0.05) is 4.90 Å². The van der Waals surface area contributed by atoms with Gasteiger partial charge >= 0.3 is 0 Å². The van der Waals surface area contributed by atoms with E-state index in [0.717, 1.165) is 10.5 Å². The Morgan fingerprint density at radius 2 is 1.93 bits per heavy atom. The lowest BCUT2D eigenvalue weighted by molar-refractivity contribution is 0.586. The van der Waals surface area contributed by atoms with Gasteiger partial charge in [0.2, 0.25) is 0 Å². The molecule has 1 rings (SSSR count). The van der Waals surface area contributed by atoms with E-state index >= 15 is 0 Å². The zero-order valence-electron chi connectivity index (χ0n) is 8.89. The molecule has 0 aromatic heterocycles. The molecule has 0 unspecified atom stereocenters. The molecule has 2 nitrogen and oxygen atoms in total. The van der Waals surface area contributed by atoms with E-state index in [9.17, 15) is 8.42 Å². The van der Waals surface area contributed by atoms with E-state index in [0.29, 0.717) is 4.90 Å². The molecule has 0 spiro atoms. The number of rotatable bonds is 3. The van der Waals surface area contributed by atoms with Crippen molar-refractivity contribution in [1.82, 2.24) is 0 Å². The van der Waals surface area contributed by atoms with E-state index in [2.05, 4.69) is 11.7 Å². The van der Waals surface area contributed by atoms with Crippen LogP contribution in [0.25, 0.3) is 0 Å². The molecule has 15 heavy (non-hydrogen) atoms. The van der Waals surface area contributed by atoms with Gasteiger partial charge in [-0.05, 0) is 44.5 Å². The van der Waals surface area contributed by atoms with Crippen LogP contribution >= 0.6 is 22.5 Å². The molecule has 0 heterocycles. The second-order valence-corrected chi connectivity index (χ2v) is 7.29. The Balaban J connectivity index is 3.29. The van der Waals surface area contributed by atoms with Crippen LogP contribution in [0.4, 0.5) is 0 Å². The van der Waals surface area contributed by atoms with Crippen LogP contribution in [-0.4, -0.2) is 13.7 Å². The average molecular weight is 262 g/mol. The highest BCUT2D eigenvalue weighted by molar-refractivity contribution is 8.68. The molecule has 1 aromatic carbocycles. The Morgan fingerprint density at radius 1 is 1.33 bits per heavy atom. The number of benzene rings is 1. The molecule has 0 radical (unpaired) electrons. The van der Waals surface area contributed by atoms with E-state index < -0.39 is 9.84 Å². The van der Waals surface area contributed by atoms with Gasteiger partial charge in [-0.2, -0.15) is 0 Å². The fraction of sp³-hybridized carbons (Fsp3) is 0.400. The van der Waals surface area contributed by atoms with Gasteiger partial charge in [0.1, 0.15) is 0 Å². The summed E-state index contributed by atoms with van der Waals surface area (Å²) in [6, 6.07) is 5.27. The minimum Gasteiger partial charge on any atom is -0.223 e. The van der Waals surface area contributed by atoms with Crippen molar-refractivity contribution < 1.29 is 8.42 Å². The molecule has 0 fully saturated rings. The summed E-state index contributed by atoms with van der Waals surface area (Å²) in [5.41, 5.74) is 0.780. The maximum atomic E-state index is 11.9. The topological polar surface area (TPSA) is 34.1 Å². The average Bonchev–Trinajstić information content (AvgIpc) is 2.16. The molecule has 0 bridgehead atoms. The molecule has 5 heteroatoms. The molecule has 0 saturated heterocycles. The SMILES string of the molecule is Cc1cc(SS)ccc1S(=O)(=O)C(C)C. The summed E-state index contributed by atoms with van der Waals surface area (Å²) in [6.07, 6.45) is 0. The van der Waals surface area contributed by atoms with Crippen LogP contribution in [0.3, 0.4) is 0 Å². The van der Waals surface area contributed by atoms with Gasteiger partial charge in [0.15, 0.2) is 9.84 Å². The lowest BCUT2D eigenvalue weighted by Crippen LogP contribution is -2.15. The van der Waals surface area contributed by atoms with Crippen LogP contribution in [0, 0.1) is 6.92 Å². The van der Waals surface area contributed by atoms with E-state index in [1.54, 1.807) is 26.0 Å². The van der Waals surface area contributed by atoms with Crippen molar-refractivity contribution in [2.24, 2.45) is 0 Å². The highest BCUT2D eigenvalue weighted by Gasteiger charge is 2.20. The first-order chi connectivity index (χ1) is 6.89. The molecule has 0 atom stereocenters. The zero-order valence-corrected chi connectivity index (χ0v) is 11.4. The molecule has 84 valence electrons. The fourth-order valence-corrected chi connectivity index (χ4v) is 3.22. The van der Waals surface area contributed by atoms with E-state index in [1.807, 2.05) is 13.0 Å². The third kappa shape index (κ3) is 2.71. The van der Waals surface area contributed by atoms with Crippen molar-refractivity contribution in [3.05, 3.63) is 23.8 Å². The van der Waals surface area contributed by atoms with Crippen molar-refractivity contribution in [2.75, 3.05) is 0 Å². The molecular formula is C10H14O2S3. The van der Waals surface area contributed by atoms with Crippen molar-refractivity contribution in [3.63, 3.8) is 0 Å². The Bertz CT molecular complexity index is 450. The van der Waals surface area contributed by atoms with Crippen LogP contribution < -0.4 is 0 Å². The van der Waals surface area contributed by atoms with E-state index in [1.165, 1.54) is 10.8 Å². The maximum Gasteiger partial charge on any atom is 0.180 e. The lowest BCUT2D eigenvalue weighted by Gasteiger charge is -2.11. The molecular weight excluding hydrogens is 248 g/mol. The fourth-order valence-electron chi connectivity index (χ4n) is 1.25. The molecule has 0 aliphatic carbocycles. The van der Waals surface area contributed by atoms with Crippen LogP contribution in [0.2, 0.25) is 0 Å². The van der Waals surface area contributed by atoms with Gasteiger partial charge in [-0.3, -0.25) is 0 Å². The predicted molar refractivity (Wildman–Crippen MR) is 68.3 cm³/mol. The summed E-state index contributed by atoms with van der Waals surface area (Å²) in [5.74, 6) is 0. The molecule has 0 aliphatic heterocycles. The van der Waals surface area contributed by atoms with E-state index in [4.69, 9.17) is 0 Å².